The summed E-state index contributed by atoms with van der Waals surface area (Å²) in [7, 11) is 0. The summed E-state index contributed by atoms with van der Waals surface area (Å²) in [5, 5.41) is 3.76. The van der Waals surface area contributed by atoms with Gasteiger partial charge in [0.1, 0.15) is 11.5 Å². The van der Waals surface area contributed by atoms with E-state index in [1.165, 1.54) is 29.5 Å². The molecule has 1 atom stereocenters. The molecule has 1 aromatic heterocycles. The number of rotatable bonds is 5. The number of furan rings is 1. The van der Waals surface area contributed by atoms with Crippen LogP contribution in [0.2, 0.25) is 0 Å². The van der Waals surface area contributed by atoms with E-state index in [1.54, 1.807) is 0 Å². The SMILES string of the molecule is CCCNC(c1cc(C)oc1C)C1Cc2ccccc2C1. The summed E-state index contributed by atoms with van der Waals surface area (Å²) in [6, 6.07) is 11.5. The van der Waals surface area contributed by atoms with Gasteiger partial charge in [0.2, 0.25) is 0 Å². The lowest BCUT2D eigenvalue weighted by molar-refractivity contribution is 0.367. The Kier molecular flexibility index (Phi) is 4.16. The van der Waals surface area contributed by atoms with Crippen LogP contribution in [-0.4, -0.2) is 6.54 Å². The maximum Gasteiger partial charge on any atom is 0.105 e. The Bertz CT molecular complexity index is 589. The molecule has 1 aliphatic carbocycles. The van der Waals surface area contributed by atoms with Crippen molar-refractivity contribution in [3.8, 4) is 0 Å². The van der Waals surface area contributed by atoms with Crippen LogP contribution in [0.1, 0.15) is 47.6 Å². The summed E-state index contributed by atoms with van der Waals surface area (Å²) in [6.07, 6.45) is 3.49. The van der Waals surface area contributed by atoms with Crippen molar-refractivity contribution >= 4 is 0 Å². The third-order valence-corrected chi connectivity index (χ3v) is 4.58. The number of hydrogen-bond donors (Lipinski definition) is 1. The topological polar surface area (TPSA) is 25.2 Å². The van der Waals surface area contributed by atoms with Crippen molar-refractivity contribution in [1.82, 2.24) is 5.32 Å². The molecule has 0 spiro atoms. The summed E-state index contributed by atoms with van der Waals surface area (Å²) in [4.78, 5) is 0. The highest BCUT2D eigenvalue weighted by Crippen LogP contribution is 2.37. The Hall–Kier alpha value is -1.54. The molecular formula is C19H25NO. The quantitative estimate of drug-likeness (QED) is 0.882. The van der Waals surface area contributed by atoms with Gasteiger partial charge in [-0.2, -0.15) is 0 Å². The Morgan fingerprint density at radius 3 is 2.38 bits per heavy atom. The number of nitrogens with one attached hydrogen (secondary N) is 1. The molecule has 21 heavy (non-hydrogen) atoms. The number of aryl methyl sites for hydroxylation is 2. The van der Waals surface area contributed by atoms with E-state index in [0.717, 1.165) is 24.5 Å². The first-order valence-electron chi connectivity index (χ1n) is 8.06. The molecule has 1 unspecified atom stereocenters. The fourth-order valence-corrected chi connectivity index (χ4v) is 3.62. The maximum absolute atomic E-state index is 5.77. The van der Waals surface area contributed by atoms with E-state index >= 15 is 0 Å². The third kappa shape index (κ3) is 2.91. The van der Waals surface area contributed by atoms with E-state index < -0.39 is 0 Å². The normalized spacial score (nSPS) is 16.1. The van der Waals surface area contributed by atoms with E-state index in [0.29, 0.717) is 12.0 Å². The van der Waals surface area contributed by atoms with E-state index in [2.05, 4.69) is 49.5 Å². The van der Waals surface area contributed by atoms with Gasteiger partial charge in [-0.05, 0) is 62.8 Å². The zero-order valence-electron chi connectivity index (χ0n) is 13.3. The lowest BCUT2D eigenvalue weighted by Gasteiger charge is -2.24. The highest BCUT2D eigenvalue weighted by atomic mass is 16.3. The average molecular weight is 283 g/mol. The van der Waals surface area contributed by atoms with Gasteiger partial charge in [0.05, 0.1) is 0 Å². The molecule has 0 aliphatic heterocycles. The van der Waals surface area contributed by atoms with Gasteiger partial charge >= 0.3 is 0 Å². The van der Waals surface area contributed by atoms with Gasteiger partial charge in [0.25, 0.3) is 0 Å². The highest BCUT2D eigenvalue weighted by molar-refractivity contribution is 5.35. The van der Waals surface area contributed by atoms with Gasteiger partial charge in [0.15, 0.2) is 0 Å². The molecule has 0 amide bonds. The van der Waals surface area contributed by atoms with Crippen LogP contribution in [-0.2, 0) is 12.8 Å². The first-order chi connectivity index (χ1) is 10.2. The summed E-state index contributed by atoms with van der Waals surface area (Å²) >= 11 is 0. The minimum Gasteiger partial charge on any atom is -0.466 e. The Balaban J connectivity index is 1.86. The van der Waals surface area contributed by atoms with E-state index in [9.17, 15) is 0 Å². The van der Waals surface area contributed by atoms with Crippen molar-refractivity contribution in [3.63, 3.8) is 0 Å². The van der Waals surface area contributed by atoms with Crippen molar-refractivity contribution in [3.05, 3.63) is 58.5 Å². The van der Waals surface area contributed by atoms with Crippen molar-refractivity contribution in [2.24, 2.45) is 5.92 Å². The minimum absolute atomic E-state index is 0.398. The zero-order valence-corrected chi connectivity index (χ0v) is 13.3. The third-order valence-electron chi connectivity index (χ3n) is 4.58. The van der Waals surface area contributed by atoms with Crippen LogP contribution < -0.4 is 5.32 Å². The summed E-state index contributed by atoms with van der Waals surface area (Å²) in [5.74, 6) is 2.71. The van der Waals surface area contributed by atoms with E-state index in [-0.39, 0.29) is 0 Å². The molecule has 0 saturated carbocycles. The fraction of sp³-hybridized carbons (Fsp3) is 0.474. The first-order valence-corrected chi connectivity index (χ1v) is 8.06. The van der Waals surface area contributed by atoms with Crippen molar-refractivity contribution in [2.45, 2.75) is 46.1 Å². The minimum atomic E-state index is 0.398. The molecule has 1 aliphatic rings. The van der Waals surface area contributed by atoms with Crippen molar-refractivity contribution in [1.29, 1.82) is 0 Å². The molecular weight excluding hydrogens is 258 g/mol. The van der Waals surface area contributed by atoms with E-state index in [1.807, 2.05) is 6.92 Å². The molecule has 2 aromatic rings. The molecule has 1 N–H and O–H groups in total. The van der Waals surface area contributed by atoms with Gasteiger partial charge in [-0.1, -0.05) is 31.2 Å². The monoisotopic (exact) mass is 283 g/mol. The second kappa shape index (κ2) is 6.07. The van der Waals surface area contributed by atoms with Gasteiger partial charge < -0.3 is 9.73 Å². The standard InChI is InChI=1S/C19H25NO/c1-4-9-20-19(18-10-13(2)21-14(18)3)17-11-15-7-5-6-8-16(15)12-17/h5-8,10,17,19-20H,4,9,11-12H2,1-3H3. The molecule has 1 heterocycles. The summed E-state index contributed by atoms with van der Waals surface area (Å²) in [5.41, 5.74) is 4.38. The van der Waals surface area contributed by atoms with Crippen molar-refractivity contribution < 1.29 is 4.42 Å². The highest BCUT2D eigenvalue weighted by Gasteiger charge is 2.31. The molecule has 2 heteroatoms. The molecule has 3 rings (SSSR count). The molecule has 0 radical (unpaired) electrons. The predicted molar refractivity (Wildman–Crippen MR) is 86.6 cm³/mol. The molecule has 0 bridgehead atoms. The van der Waals surface area contributed by atoms with Crippen LogP contribution in [0.3, 0.4) is 0 Å². The number of hydrogen-bond acceptors (Lipinski definition) is 2. The number of benzene rings is 1. The van der Waals surface area contributed by atoms with Crippen LogP contribution in [0.25, 0.3) is 0 Å². The van der Waals surface area contributed by atoms with Crippen LogP contribution in [0.5, 0.6) is 0 Å². The molecule has 1 aromatic carbocycles. The average Bonchev–Trinajstić information content (AvgIpc) is 3.03. The predicted octanol–water partition coefficient (Wildman–Crippen LogP) is 4.35. The van der Waals surface area contributed by atoms with Gasteiger partial charge in [-0.3, -0.25) is 0 Å². The van der Waals surface area contributed by atoms with Crippen LogP contribution in [0.15, 0.2) is 34.7 Å². The van der Waals surface area contributed by atoms with Gasteiger partial charge in [-0.15, -0.1) is 0 Å². The Morgan fingerprint density at radius 1 is 1.19 bits per heavy atom. The summed E-state index contributed by atoms with van der Waals surface area (Å²) < 4.78 is 5.77. The smallest absolute Gasteiger partial charge is 0.105 e. The molecule has 0 saturated heterocycles. The molecule has 112 valence electrons. The van der Waals surface area contributed by atoms with Crippen LogP contribution in [0.4, 0.5) is 0 Å². The maximum atomic E-state index is 5.77. The second-order valence-electron chi connectivity index (χ2n) is 6.24. The first kappa shape index (κ1) is 14.4. The van der Waals surface area contributed by atoms with Gasteiger partial charge in [0, 0.05) is 11.6 Å². The lowest BCUT2D eigenvalue weighted by atomic mass is 9.90. The van der Waals surface area contributed by atoms with E-state index in [4.69, 9.17) is 4.42 Å². The summed E-state index contributed by atoms with van der Waals surface area (Å²) in [6.45, 7) is 7.41. The van der Waals surface area contributed by atoms with Gasteiger partial charge in [-0.25, -0.2) is 0 Å². The number of fused-ring (bicyclic) bond motifs is 1. The Morgan fingerprint density at radius 2 is 1.86 bits per heavy atom. The zero-order chi connectivity index (χ0) is 14.8. The largest absolute Gasteiger partial charge is 0.466 e. The fourth-order valence-electron chi connectivity index (χ4n) is 3.62. The van der Waals surface area contributed by atoms with Crippen molar-refractivity contribution in [2.75, 3.05) is 6.54 Å². The molecule has 2 nitrogen and oxygen atoms in total. The van der Waals surface area contributed by atoms with Crippen LogP contribution in [0, 0.1) is 19.8 Å². The second-order valence-corrected chi connectivity index (χ2v) is 6.24. The molecule has 0 fully saturated rings. The Labute approximate surface area is 127 Å². The lowest BCUT2D eigenvalue weighted by Crippen LogP contribution is -2.29. The van der Waals surface area contributed by atoms with Crippen LogP contribution >= 0.6 is 0 Å².